The third-order valence-corrected chi connectivity index (χ3v) is 1.95. The van der Waals surface area contributed by atoms with Crippen molar-refractivity contribution >= 4 is 11.7 Å². The molecule has 2 aromatic rings. The van der Waals surface area contributed by atoms with E-state index in [0.29, 0.717) is 17.2 Å². The van der Waals surface area contributed by atoms with E-state index in [9.17, 15) is 4.79 Å². The Hall–Kier alpha value is -2.50. The Morgan fingerprint density at radius 1 is 1.19 bits per heavy atom. The Labute approximate surface area is 91.4 Å². The Bertz CT molecular complexity index is 540. The van der Waals surface area contributed by atoms with Crippen molar-refractivity contribution in [2.75, 3.05) is 5.73 Å². The summed E-state index contributed by atoms with van der Waals surface area (Å²) < 4.78 is 0. The largest absolute Gasteiger partial charge is 0.384 e. The highest BCUT2D eigenvalue weighted by Gasteiger charge is 2.06. The first kappa shape index (κ1) is 10.0. The van der Waals surface area contributed by atoms with Gasteiger partial charge in [0, 0.05) is 18.0 Å². The summed E-state index contributed by atoms with van der Waals surface area (Å²) in [6.45, 7) is 0. The van der Waals surface area contributed by atoms with E-state index in [-0.39, 0.29) is 5.69 Å². The number of amides is 1. The fourth-order valence-corrected chi connectivity index (χ4v) is 1.22. The lowest BCUT2D eigenvalue weighted by molar-refractivity contribution is 0.0995. The van der Waals surface area contributed by atoms with Crippen molar-refractivity contribution < 1.29 is 4.79 Å². The molecule has 2 heterocycles. The summed E-state index contributed by atoms with van der Waals surface area (Å²) in [5.74, 6) is 0.168. The number of nitrogen functional groups attached to an aromatic ring is 1. The SMILES string of the molecule is NC(=O)c1ccnc(-c2ccnc(N)c2)n1. The van der Waals surface area contributed by atoms with Crippen molar-refractivity contribution in [1.82, 2.24) is 15.0 Å². The van der Waals surface area contributed by atoms with Gasteiger partial charge in [-0.1, -0.05) is 0 Å². The fourth-order valence-electron chi connectivity index (χ4n) is 1.22. The van der Waals surface area contributed by atoms with E-state index in [1.807, 2.05) is 0 Å². The lowest BCUT2D eigenvalue weighted by atomic mass is 10.2. The van der Waals surface area contributed by atoms with Crippen molar-refractivity contribution in [3.8, 4) is 11.4 Å². The molecule has 0 aliphatic carbocycles. The molecule has 0 aliphatic heterocycles. The number of pyridine rings is 1. The van der Waals surface area contributed by atoms with Gasteiger partial charge in [-0.3, -0.25) is 4.79 Å². The molecular formula is C10H9N5O. The summed E-state index contributed by atoms with van der Waals surface area (Å²) in [5.41, 5.74) is 11.5. The predicted molar refractivity (Wildman–Crippen MR) is 58.2 cm³/mol. The van der Waals surface area contributed by atoms with Gasteiger partial charge in [-0.25, -0.2) is 15.0 Å². The number of primary amides is 1. The molecule has 16 heavy (non-hydrogen) atoms. The zero-order valence-corrected chi connectivity index (χ0v) is 8.29. The standard InChI is InChI=1S/C10H9N5O/c11-8-5-6(1-3-13-8)10-14-4-2-7(15-10)9(12)16/h1-5H,(H2,11,13)(H2,12,16). The van der Waals surface area contributed by atoms with Crippen LogP contribution in [0.2, 0.25) is 0 Å². The smallest absolute Gasteiger partial charge is 0.267 e. The molecule has 2 aromatic heterocycles. The lowest BCUT2D eigenvalue weighted by Gasteiger charge is -2.01. The molecule has 0 atom stereocenters. The Kier molecular flexibility index (Phi) is 2.47. The Morgan fingerprint density at radius 2 is 1.94 bits per heavy atom. The minimum Gasteiger partial charge on any atom is -0.384 e. The average Bonchev–Trinajstić information content (AvgIpc) is 2.29. The van der Waals surface area contributed by atoms with Crippen molar-refractivity contribution in [3.05, 3.63) is 36.3 Å². The molecule has 0 radical (unpaired) electrons. The summed E-state index contributed by atoms with van der Waals surface area (Å²) in [6.07, 6.45) is 3.02. The van der Waals surface area contributed by atoms with E-state index < -0.39 is 5.91 Å². The second kappa shape index (κ2) is 3.93. The average molecular weight is 215 g/mol. The van der Waals surface area contributed by atoms with Gasteiger partial charge in [-0.2, -0.15) is 0 Å². The summed E-state index contributed by atoms with van der Waals surface area (Å²) in [5, 5.41) is 0. The van der Waals surface area contributed by atoms with Gasteiger partial charge in [0.2, 0.25) is 0 Å². The Balaban J connectivity index is 2.48. The van der Waals surface area contributed by atoms with Crippen LogP contribution in [-0.2, 0) is 0 Å². The van der Waals surface area contributed by atoms with Crippen LogP contribution in [0.15, 0.2) is 30.6 Å². The lowest BCUT2D eigenvalue weighted by Crippen LogP contribution is -2.13. The van der Waals surface area contributed by atoms with Crippen LogP contribution in [0.3, 0.4) is 0 Å². The molecule has 0 aromatic carbocycles. The third kappa shape index (κ3) is 1.95. The van der Waals surface area contributed by atoms with Gasteiger partial charge < -0.3 is 11.5 Å². The van der Waals surface area contributed by atoms with E-state index in [4.69, 9.17) is 11.5 Å². The van der Waals surface area contributed by atoms with Crippen LogP contribution >= 0.6 is 0 Å². The van der Waals surface area contributed by atoms with Crippen LogP contribution < -0.4 is 11.5 Å². The number of nitrogens with zero attached hydrogens (tertiary/aromatic N) is 3. The first-order chi connectivity index (χ1) is 7.66. The molecule has 6 nitrogen and oxygen atoms in total. The molecule has 0 spiro atoms. The molecule has 0 aliphatic rings. The van der Waals surface area contributed by atoms with Crippen molar-refractivity contribution in [2.45, 2.75) is 0 Å². The molecular weight excluding hydrogens is 206 g/mol. The van der Waals surface area contributed by atoms with Gasteiger partial charge in [-0.15, -0.1) is 0 Å². The first-order valence-corrected chi connectivity index (χ1v) is 4.51. The van der Waals surface area contributed by atoms with Crippen LogP contribution in [0, 0.1) is 0 Å². The highest BCUT2D eigenvalue weighted by molar-refractivity contribution is 5.91. The number of anilines is 1. The summed E-state index contributed by atoms with van der Waals surface area (Å²) >= 11 is 0. The minimum absolute atomic E-state index is 0.167. The maximum Gasteiger partial charge on any atom is 0.267 e. The molecule has 2 rings (SSSR count). The summed E-state index contributed by atoms with van der Waals surface area (Å²) in [6, 6.07) is 4.78. The second-order valence-electron chi connectivity index (χ2n) is 3.10. The first-order valence-electron chi connectivity index (χ1n) is 4.51. The van der Waals surface area contributed by atoms with Crippen LogP contribution in [0.5, 0.6) is 0 Å². The number of carbonyl (C=O) groups is 1. The normalized spacial score (nSPS) is 10.0. The van der Waals surface area contributed by atoms with Gasteiger partial charge in [-0.05, 0) is 18.2 Å². The minimum atomic E-state index is -0.592. The molecule has 6 heteroatoms. The zero-order chi connectivity index (χ0) is 11.5. The summed E-state index contributed by atoms with van der Waals surface area (Å²) in [4.78, 5) is 22.8. The highest BCUT2D eigenvalue weighted by atomic mass is 16.1. The van der Waals surface area contributed by atoms with E-state index in [1.165, 1.54) is 12.3 Å². The molecule has 0 fully saturated rings. The van der Waals surface area contributed by atoms with Crippen molar-refractivity contribution in [1.29, 1.82) is 0 Å². The van der Waals surface area contributed by atoms with Gasteiger partial charge in [0.05, 0.1) is 0 Å². The monoisotopic (exact) mass is 215 g/mol. The van der Waals surface area contributed by atoms with Gasteiger partial charge in [0.1, 0.15) is 11.5 Å². The maximum atomic E-state index is 10.9. The van der Waals surface area contributed by atoms with Gasteiger partial charge in [0.25, 0.3) is 5.91 Å². The second-order valence-corrected chi connectivity index (χ2v) is 3.10. The summed E-state index contributed by atoms with van der Waals surface area (Å²) in [7, 11) is 0. The number of carbonyl (C=O) groups excluding carboxylic acids is 1. The number of rotatable bonds is 2. The van der Waals surface area contributed by atoms with Crippen LogP contribution in [0.25, 0.3) is 11.4 Å². The molecule has 0 unspecified atom stereocenters. The molecule has 0 bridgehead atoms. The maximum absolute atomic E-state index is 10.9. The fraction of sp³-hybridized carbons (Fsp3) is 0. The molecule has 80 valence electrons. The number of aromatic nitrogens is 3. The molecule has 0 saturated carbocycles. The Morgan fingerprint density at radius 3 is 2.62 bits per heavy atom. The van der Waals surface area contributed by atoms with Crippen molar-refractivity contribution in [2.24, 2.45) is 5.73 Å². The third-order valence-electron chi connectivity index (χ3n) is 1.95. The predicted octanol–water partition coefficient (Wildman–Crippen LogP) is 0.220. The van der Waals surface area contributed by atoms with E-state index in [1.54, 1.807) is 18.3 Å². The molecule has 4 N–H and O–H groups in total. The molecule has 1 amide bonds. The van der Waals surface area contributed by atoms with Crippen LogP contribution in [-0.4, -0.2) is 20.9 Å². The topological polar surface area (TPSA) is 108 Å². The van der Waals surface area contributed by atoms with Gasteiger partial charge >= 0.3 is 0 Å². The van der Waals surface area contributed by atoms with Crippen molar-refractivity contribution in [3.63, 3.8) is 0 Å². The van der Waals surface area contributed by atoms with Crippen LogP contribution in [0.4, 0.5) is 5.82 Å². The molecule has 0 saturated heterocycles. The quantitative estimate of drug-likeness (QED) is 0.744. The number of hydrogen-bond acceptors (Lipinski definition) is 5. The number of nitrogens with two attached hydrogens (primary N) is 2. The van der Waals surface area contributed by atoms with Gasteiger partial charge in [0.15, 0.2) is 5.82 Å². The van der Waals surface area contributed by atoms with Crippen LogP contribution in [0.1, 0.15) is 10.5 Å². The zero-order valence-electron chi connectivity index (χ0n) is 8.29. The van der Waals surface area contributed by atoms with E-state index >= 15 is 0 Å². The van der Waals surface area contributed by atoms with E-state index in [2.05, 4.69) is 15.0 Å². The highest BCUT2D eigenvalue weighted by Crippen LogP contribution is 2.15. The number of hydrogen-bond donors (Lipinski definition) is 2. The van der Waals surface area contributed by atoms with E-state index in [0.717, 1.165) is 0 Å².